The van der Waals surface area contributed by atoms with Crippen molar-refractivity contribution >= 4 is 23.0 Å². The number of nitro groups is 2. The number of carbonyl (C=O) groups excluding carboxylic acids is 1. The molecular formula is C15H13N3O6. The van der Waals surface area contributed by atoms with Gasteiger partial charge in [-0.2, -0.15) is 0 Å². The molecule has 0 atom stereocenters. The molecule has 1 amide bonds. The minimum absolute atomic E-state index is 0.0905. The van der Waals surface area contributed by atoms with Crippen LogP contribution in [0.2, 0.25) is 0 Å². The highest BCUT2D eigenvalue weighted by molar-refractivity contribution is 6.05. The largest absolute Gasteiger partial charge is 0.494 e. The molecule has 2 aromatic rings. The molecule has 0 fully saturated rings. The van der Waals surface area contributed by atoms with Crippen molar-refractivity contribution in [2.75, 3.05) is 12.4 Å². The van der Waals surface area contributed by atoms with Crippen LogP contribution in [-0.4, -0.2) is 22.9 Å². The van der Waals surface area contributed by atoms with Crippen molar-refractivity contribution in [2.24, 2.45) is 0 Å². The summed E-state index contributed by atoms with van der Waals surface area (Å²) in [5.74, 6) is -0.482. The van der Waals surface area contributed by atoms with Crippen molar-refractivity contribution in [3.8, 4) is 5.75 Å². The number of nitrogens with zero attached hydrogens (tertiary/aromatic N) is 2. The fourth-order valence-electron chi connectivity index (χ4n) is 2.04. The van der Waals surface area contributed by atoms with Gasteiger partial charge in [-0.25, -0.2) is 0 Å². The predicted octanol–water partition coefficient (Wildman–Crippen LogP) is 3.07. The number of nitrogens with one attached hydrogen (secondary N) is 1. The number of non-ortho nitro benzene ring substituents is 1. The predicted molar refractivity (Wildman–Crippen MR) is 85.4 cm³/mol. The van der Waals surface area contributed by atoms with Crippen LogP contribution >= 0.6 is 0 Å². The van der Waals surface area contributed by atoms with Gasteiger partial charge in [0.05, 0.1) is 28.7 Å². The highest BCUT2D eigenvalue weighted by Crippen LogP contribution is 2.29. The Morgan fingerprint density at radius 2 is 1.79 bits per heavy atom. The van der Waals surface area contributed by atoms with Crippen molar-refractivity contribution in [3.63, 3.8) is 0 Å². The van der Waals surface area contributed by atoms with E-state index in [1.165, 1.54) is 43.5 Å². The topological polar surface area (TPSA) is 125 Å². The van der Waals surface area contributed by atoms with E-state index in [2.05, 4.69) is 5.32 Å². The second kappa shape index (κ2) is 6.73. The van der Waals surface area contributed by atoms with E-state index in [0.29, 0.717) is 5.56 Å². The van der Waals surface area contributed by atoms with Crippen LogP contribution in [0.4, 0.5) is 17.1 Å². The first-order valence-electron chi connectivity index (χ1n) is 6.72. The first-order valence-corrected chi connectivity index (χ1v) is 6.72. The first kappa shape index (κ1) is 16.9. The molecule has 0 aliphatic rings. The normalized spacial score (nSPS) is 10.1. The number of methoxy groups -OCH3 is 1. The number of hydrogen-bond donors (Lipinski definition) is 1. The first-order chi connectivity index (χ1) is 11.3. The number of carbonyl (C=O) groups is 1. The van der Waals surface area contributed by atoms with Crippen LogP contribution in [0.1, 0.15) is 15.9 Å². The van der Waals surface area contributed by atoms with Gasteiger partial charge in [0.2, 0.25) is 0 Å². The van der Waals surface area contributed by atoms with E-state index in [-0.39, 0.29) is 28.4 Å². The maximum absolute atomic E-state index is 12.3. The number of ether oxygens (including phenoxy) is 1. The number of anilines is 1. The van der Waals surface area contributed by atoms with Gasteiger partial charge in [-0.05, 0) is 19.1 Å². The third kappa shape index (κ3) is 3.46. The highest BCUT2D eigenvalue weighted by atomic mass is 16.6. The van der Waals surface area contributed by atoms with Crippen LogP contribution in [-0.2, 0) is 0 Å². The molecule has 9 nitrogen and oxygen atoms in total. The average Bonchev–Trinajstić information content (AvgIpc) is 2.54. The average molecular weight is 331 g/mol. The zero-order valence-corrected chi connectivity index (χ0v) is 12.8. The molecule has 2 rings (SSSR count). The van der Waals surface area contributed by atoms with Crippen LogP contribution < -0.4 is 10.1 Å². The third-order valence-corrected chi connectivity index (χ3v) is 3.31. The summed E-state index contributed by atoms with van der Waals surface area (Å²) in [6.45, 7) is 1.57. The van der Waals surface area contributed by atoms with Crippen molar-refractivity contribution < 1.29 is 19.4 Å². The molecule has 0 saturated heterocycles. The monoisotopic (exact) mass is 331 g/mol. The molecule has 24 heavy (non-hydrogen) atoms. The lowest BCUT2D eigenvalue weighted by molar-refractivity contribution is -0.385. The van der Waals surface area contributed by atoms with Gasteiger partial charge < -0.3 is 10.1 Å². The van der Waals surface area contributed by atoms with Crippen molar-refractivity contribution in [2.45, 2.75) is 6.92 Å². The van der Waals surface area contributed by atoms with Gasteiger partial charge in [-0.3, -0.25) is 25.0 Å². The highest BCUT2D eigenvalue weighted by Gasteiger charge is 2.17. The van der Waals surface area contributed by atoms with Crippen molar-refractivity contribution in [3.05, 3.63) is 67.8 Å². The van der Waals surface area contributed by atoms with Gasteiger partial charge in [-0.15, -0.1) is 0 Å². The summed E-state index contributed by atoms with van der Waals surface area (Å²) in [5, 5.41) is 24.2. The number of hydrogen-bond acceptors (Lipinski definition) is 6. The van der Waals surface area contributed by atoms with Crippen LogP contribution in [0.3, 0.4) is 0 Å². The van der Waals surface area contributed by atoms with E-state index in [4.69, 9.17) is 4.74 Å². The Kier molecular flexibility index (Phi) is 4.73. The molecule has 0 aliphatic heterocycles. The van der Waals surface area contributed by atoms with Crippen LogP contribution in [0, 0.1) is 27.2 Å². The number of benzene rings is 2. The zero-order chi connectivity index (χ0) is 17.9. The third-order valence-electron chi connectivity index (χ3n) is 3.31. The summed E-state index contributed by atoms with van der Waals surface area (Å²) in [4.78, 5) is 32.8. The maximum atomic E-state index is 12.3. The lowest BCUT2D eigenvalue weighted by Crippen LogP contribution is -2.13. The van der Waals surface area contributed by atoms with Crippen molar-refractivity contribution in [1.29, 1.82) is 0 Å². The second-order valence-corrected chi connectivity index (χ2v) is 4.85. The Morgan fingerprint density at radius 3 is 2.38 bits per heavy atom. The van der Waals surface area contributed by atoms with Crippen LogP contribution in [0.15, 0.2) is 36.4 Å². The second-order valence-electron chi connectivity index (χ2n) is 4.85. The lowest BCUT2D eigenvalue weighted by Gasteiger charge is -2.10. The van der Waals surface area contributed by atoms with Crippen LogP contribution in [0.25, 0.3) is 0 Å². The summed E-state index contributed by atoms with van der Waals surface area (Å²) >= 11 is 0. The van der Waals surface area contributed by atoms with E-state index >= 15 is 0 Å². The Hall–Kier alpha value is -3.49. The van der Waals surface area contributed by atoms with Gasteiger partial charge in [0, 0.05) is 23.3 Å². The van der Waals surface area contributed by atoms with E-state index in [1.54, 1.807) is 6.92 Å². The fraction of sp³-hybridized carbons (Fsp3) is 0.133. The molecule has 0 unspecified atom stereocenters. The molecule has 124 valence electrons. The molecule has 0 saturated carbocycles. The molecule has 0 aliphatic carbocycles. The SMILES string of the molecule is COc1cc([N+](=O)[O-])ccc1NC(=O)c1ccc(C)c([N+](=O)[O-])c1. The minimum Gasteiger partial charge on any atom is -0.494 e. The Balaban J connectivity index is 2.31. The summed E-state index contributed by atoms with van der Waals surface area (Å²) in [7, 11) is 1.31. The molecule has 2 aromatic carbocycles. The maximum Gasteiger partial charge on any atom is 0.273 e. The molecule has 0 bridgehead atoms. The summed E-state index contributed by atoms with van der Waals surface area (Å²) in [6.07, 6.45) is 0. The van der Waals surface area contributed by atoms with Gasteiger partial charge >= 0.3 is 0 Å². The molecule has 0 heterocycles. The van der Waals surface area contributed by atoms with Crippen LogP contribution in [0.5, 0.6) is 5.75 Å². The van der Waals surface area contributed by atoms with Gasteiger partial charge in [0.25, 0.3) is 17.3 Å². The zero-order valence-electron chi connectivity index (χ0n) is 12.8. The summed E-state index contributed by atoms with van der Waals surface area (Å²) < 4.78 is 5.03. The Bertz CT molecular complexity index is 834. The molecule has 9 heteroatoms. The quantitative estimate of drug-likeness (QED) is 0.663. The molecular weight excluding hydrogens is 318 g/mol. The molecule has 0 spiro atoms. The van der Waals surface area contributed by atoms with Gasteiger partial charge in [0.15, 0.2) is 0 Å². The number of rotatable bonds is 5. The summed E-state index contributed by atoms with van der Waals surface area (Å²) in [5.41, 5.74) is 0.391. The number of amides is 1. The van der Waals surface area contributed by atoms with Gasteiger partial charge in [0.1, 0.15) is 5.75 Å². The van der Waals surface area contributed by atoms with E-state index in [9.17, 15) is 25.0 Å². The van der Waals surface area contributed by atoms with E-state index < -0.39 is 15.8 Å². The Labute approximate surface area is 136 Å². The lowest BCUT2D eigenvalue weighted by atomic mass is 10.1. The smallest absolute Gasteiger partial charge is 0.273 e. The molecule has 0 aromatic heterocycles. The van der Waals surface area contributed by atoms with Crippen molar-refractivity contribution in [1.82, 2.24) is 0 Å². The standard InChI is InChI=1S/C15H13N3O6/c1-9-3-4-10(7-13(9)18(22)23)15(19)16-12-6-5-11(17(20)21)8-14(12)24-2/h3-8H,1-2H3,(H,16,19). The molecule has 0 radical (unpaired) electrons. The molecule has 1 N–H and O–H groups in total. The fourth-order valence-corrected chi connectivity index (χ4v) is 2.04. The Morgan fingerprint density at radius 1 is 1.08 bits per heavy atom. The van der Waals surface area contributed by atoms with E-state index in [1.807, 2.05) is 0 Å². The minimum atomic E-state index is -0.592. The summed E-state index contributed by atoms with van der Waals surface area (Å²) in [6, 6.07) is 7.82. The van der Waals surface area contributed by atoms with Gasteiger partial charge in [-0.1, -0.05) is 6.07 Å². The number of nitro benzene ring substituents is 2. The number of aryl methyl sites for hydroxylation is 1. The van der Waals surface area contributed by atoms with E-state index in [0.717, 1.165) is 0 Å².